The van der Waals surface area contributed by atoms with E-state index >= 15 is 0 Å². The summed E-state index contributed by atoms with van der Waals surface area (Å²) in [5.74, 6) is 0. The molecule has 148 valence electrons. The first-order valence-corrected chi connectivity index (χ1v) is 12.7. The van der Waals surface area contributed by atoms with Gasteiger partial charge in [-0.2, -0.15) is 0 Å². The van der Waals surface area contributed by atoms with Crippen LogP contribution in [-0.4, -0.2) is 23.1 Å². The summed E-state index contributed by atoms with van der Waals surface area (Å²) in [7, 11) is -7.47. The van der Waals surface area contributed by atoms with E-state index in [2.05, 4.69) is 0 Å². The van der Waals surface area contributed by atoms with Crippen molar-refractivity contribution in [3.05, 3.63) is 64.5 Å². The van der Waals surface area contributed by atoms with Crippen LogP contribution >= 0.6 is 11.3 Å². The molecule has 2 N–H and O–H groups in total. The quantitative estimate of drug-likeness (QED) is 0.659. The van der Waals surface area contributed by atoms with Gasteiger partial charge in [-0.05, 0) is 66.4 Å². The van der Waals surface area contributed by atoms with E-state index in [1.54, 1.807) is 12.1 Å². The van der Waals surface area contributed by atoms with E-state index in [0.717, 1.165) is 39.2 Å². The molecule has 0 fully saturated rings. The molecule has 2 aromatic carbocycles. The van der Waals surface area contributed by atoms with Crippen molar-refractivity contribution in [2.75, 3.05) is 6.26 Å². The zero-order chi connectivity index (χ0) is 20.7. The fraction of sp³-hybridized carbons (Fsp3) is 0.200. The molecule has 0 unspecified atom stereocenters. The fourth-order valence-corrected chi connectivity index (χ4v) is 6.55. The highest BCUT2D eigenvalue weighted by Crippen LogP contribution is 2.34. The van der Waals surface area contributed by atoms with Gasteiger partial charge in [0.1, 0.15) is 4.21 Å². The molecule has 8 heteroatoms. The van der Waals surface area contributed by atoms with Gasteiger partial charge in [-0.25, -0.2) is 16.8 Å². The average molecular weight is 436 g/mol. The standard InChI is InChI=1S/C20H21NO4S3/c1-13-5-4-6-14(2)20(13)15-9-17(27(3,22)23)11-18(10-15)28(24,25)19-8-7-16(12-21)26-19/h4-11H,12,21H2,1-3H3. The van der Waals surface area contributed by atoms with E-state index in [-0.39, 0.29) is 20.5 Å². The van der Waals surface area contributed by atoms with Gasteiger partial charge >= 0.3 is 0 Å². The Bertz CT molecular complexity index is 1240. The maximum absolute atomic E-state index is 13.2. The topological polar surface area (TPSA) is 94.3 Å². The third-order valence-corrected chi connectivity index (χ3v) is 8.92. The Balaban J connectivity index is 2.31. The second-order valence-corrected chi connectivity index (χ2v) is 12.0. The molecule has 0 saturated carbocycles. The monoisotopic (exact) mass is 435 g/mol. The van der Waals surface area contributed by atoms with Gasteiger partial charge in [0.25, 0.3) is 0 Å². The molecule has 1 aromatic heterocycles. The van der Waals surface area contributed by atoms with Crippen LogP contribution in [0.2, 0.25) is 0 Å². The van der Waals surface area contributed by atoms with Crippen molar-refractivity contribution in [3.63, 3.8) is 0 Å². The van der Waals surface area contributed by atoms with Crippen molar-refractivity contribution in [2.24, 2.45) is 5.73 Å². The van der Waals surface area contributed by atoms with Gasteiger partial charge < -0.3 is 5.73 Å². The molecule has 0 radical (unpaired) electrons. The Morgan fingerprint density at radius 1 is 0.893 bits per heavy atom. The van der Waals surface area contributed by atoms with Crippen molar-refractivity contribution in [1.82, 2.24) is 0 Å². The number of nitrogens with two attached hydrogens (primary N) is 1. The van der Waals surface area contributed by atoms with Crippen LogP contribution in [0.1, 0.15) is 16.0 Å². The van der Waals surface area contributed by atoms with Crippen LogP contribution in [0.25, 0.3) is 11.1 Å². The fourth-order valence-electron chi connectivity index (χ4n) is 3.08. The van der Waals surface area contributed by atoms with Gasteiger partial charge in [0.15, 0.2) is 9.84 Å². The molecule has 0 aliphatic carbocycles. The molecule has 0 bridgehead atoms. The zero-order valence-electron chi connectivity index (χ0n) is 15.8. The molecule has 3 rings (SSSR count). The average Bonchev–Trinajstić information content (AvgIpc) is 3.10. The number of sulfone groups is 2. The van der Waals surface area contributed by atoms with Crippen LogP contribution in [0.3, 0.4) is 0 Å². The van der Waals surface area contributed by atoms with Crippen LogP contribution in [0.15, 0.2) is 62.5 Å². The summed E-state index contributed by atoms with van der Waals surface area (Å²) in [6.07, 6.45) is 1.07. The lowest BCUT2D eigenvalue weighted by molar-refractivity contribution is 0.597. The summed E-state index contributed by atoms with van der Waals surface area (Å²) in [5.41, 5.74) is 8.87. The second-order valence-electron chi connectivity index (χ2n) is 6.66. The third-order valence-electron chi connectivity index (χ3n) is 4.49. The second kappa shape index (κ2) is 7.44. The molecule has 28 heavy (non-hydrogen) atoms. The summed E-state index contributed by atoms with van der Waals surface area (Å²) in [6.45, 7) is 4.07. The van der Waals surface area contributed by atoms with Gasteiger partial charge in [-0.15, -0.1) is 11.3 Å². The number of hydrogen-bond acceptors (Lipinski definition) is 6. The van der Waals surface area contributed by atoms with E-state index in [4.69, 9.17) is 5.73 Å². The zero-order valence-corrected chi connectivity index (χ0v) is 18.2. The Morgan fingerprint density at radius 3 is 2.04 bits per heavy atom. The van der Waals surface area contributed by atoms with Crippen molar-refractivity contribution in [3.8, 4) is 11.1 Å². The third kappa shape index (κ3) is 3.91. The van der Waals surface area contributed by atoms with Gasteiger partial charge in [0, 0.05) is 17.7 Å². The largest absolute Gasteiger partial charge is 0.326 e. The first-order chi connectivity index (χ1) is 13.0. The van der Waals surface area contributed by atoms with Crippen LogP contribution in [0.5, 0.6) is 0 Å². The molecule has 0 spiro atoms. The van der Waals surface area contributed by atoms with Crippen LogP contribution in [-0.2, 0) is 26.2 Å². The highest BCUT2D eigenvalue weighted by molar-refractivity contribution is 7.93. The minimum Gasteiger partial charge on any atom is -0.326 e. The predicted octanol–water partition coefficient (Wildman–Crippen LogP) is 3.73. The molecule has 1 heterocycles. The summed E-state index contributed by atoms with van der Waals surface area (Å²) >= 11 is 1.09. The molecule has 0 aliphatic heterocycles. The number of benzene rings is 2. The molecule has 0 aliphatic rings. The molecule has 0 amide bonds. The lowest BCUT2D eigenvalue weighted by Gasteiger charge is -2.13. The Labute approximate surface area is 169 Å². The highest BCUT2D eigenvalue weighted by atomic mass is 32.2. The lowest BCUT2D eigenvalue weighted by atomic mass is 9.96. The molecule has 3 aromatic rings. The van der Waals surface area contributed by atoms with Gasteiger partial charge in [0.05, 0.1) is 9.79 Å². The maximum Gasteiger partial charge on any atom is 0.216 e. The minimum atomic E-state index is -3.87. The number of rotatable bonds is 5. The molecule has 0 saturated heterocycles. The van der Waals surface area contributed by atoms with Gasteiger partial charge in [0.2, 0.25) is 9.84 Å². The van der Waals surface area contributed by atoms with E-state index < -0.39 is 19.7 Å². The Hall–Kier alpha value is -2.00. The number of hydrogen-bond donors (Lipinski definition) is 1. The molecule has 5 nitrogen and oxygen atoms in total. The van der Waals surface area contributed by atoms with Crippen LogP contribution in [0.4, 0.5) is 0 Å². The molecule has 0 atom stereocenters. The summed E-state index contributed by atoms with van der Waals surface area (Å²) in [6, 6.07) is 13.2. The van der Waals surface area contributed by atoms with Gasteiger partial charge in [-0.1, -0.05) is 18.2 Å². The number of thiophene rings is 1. The van der Waals surface area contributed by atoms with Gasteiger partial charge in [-0.3, -0.25) is 0 Å². The van der Waals surface area contributed by atoms with Crippen molar-refractivity contribution >= 4 is 31.0 Å². The summed E-state index contributed by atoms with van der Waals surface area (Å²) in [4.78, 5) is 0.674. The molecular weight excluding hydrogens is 414 g/mol. The maximum atomic E-state index is 13.2. The van der Waals surface area contributed by atoms with E-state index in [1.807, 2.05) is 32.0 Å². The van der Waals surface area contributed by atoms with Crippen LogP contribution in [0, 0.1) is 13.8 Å². The van der Waals surface area contributed by atoms with E-state index in [0.29, 0.717) is 5.56 Å². The Morgan fingerprint density at radius 2 is 1.50 bits per heavy atom. The van der Waals surface area contributed by atoms with E-state index in [1.165, 1.54) is 18.2 Å². The summed E-state index contributed by atoms with van der Waals surface area (Å²) < 4.78 is 51.0. The van der Waals surface area contributed by atoms with Crippen molar-refractivity contribution in [1.29, 1.82) is 0 Å². The first-order valence-electron chi connectivity index (χ1n) is 8.49. The van der Waals surface area contributed by atoms with Crippen molar-refractivity contribution < 1.29 is 16.8 Å². The minimum absolute atomic E-state index is 0.0261. The first kappa shape index (κ1) is 20.7. The van der Waals surface area contributed by atoms with Crippen LogP contribution < -0.4 is 5.73 Å². The molecular formula is C20H21NO4S3. The predicted molar refractivity (Wildman–Crippen MR) is 112 cm³/mol. The number of aryl methyl sites for hydroxylation is 2. The lowest BCUT2D eigenvalue weighted by Crippen LogP contribution is -2.05. The Kier molecular flexibility index (Phi) is 5.51. The highest BCUT2D eigenvalue weighted by Gasteiger charge is 2.24. The van der Waals surface area contributed by atoms with E-state index in [9.17, 15) is 16.8 Å². The SMILES string of the molecule is Cc1cccc(C)c1-c1cc(S(C)(=O)=O)cc(S(=O)(=O)c2ccc(CN)s2)c1. The smallest absolute Gasteiger partial charge is 0.216 e. The normalized spacial score (nSPS) is 12.3. The summed E-state index contributed by atoms with van der Waals surface area (Å²) in [5, 5.41) is 0. The van der Waals surface area contributed by atoms with Crippen molar-refractivity contribution in [2.45, 2.75) is 34.4 Å².